The van der Waals surface area contributed by atoms with Crippen molar-refractivity contribution < 1.29 is 18.7 Å². The van der Waals surface area contributed by atoms with Gasteiger partial charge in [-0.3, -0.25) is 0 Å². The Kier molecular flexibility index (Phi) is 5.00. The maximum Gasteiger partial charge on any atom is 0.264 e. The van der Waals surface area contributed by atoms with Crippen LogP contribution in [0.3, 0.4) is 0 Å². The molecule has 0 atom stereocenters. The number of ether oxygens (including phenoxy) is 3. The van der Waals surface area contributed by atoms with Gasteiger partial charge >= 0.3 is 0 Å². The van der Waals surface area contributed by atoms with Gasteiger partial charge in [-0.15, -0.1) is 0 Å². The quantitative estimate of drug-likeness (QED) is 0.631. The Morgan fingerprint density at radius 3 is 2.38 bits per heavy atom. The summed E-state index contributed by atoms with van der Waals surface area (Å²) in [5.74, 6) is 2.77. The largest absolute Gasteiger partial charge is 0.496 e. The minimum Gasteiger partial charge on any atom is -0.496 e. The minimum atomic E-state index is 0.150. The first-order chi connectivity index (χ1) is 11.7. The predicted molar refractivity (Wildman–Crippen MR) is 91.3 cm³/mol. The van der Waals surface area contributed by atoms with Gasteiger partial charge in [-0.05, 0) is 12.1 Å². The van der Waals surface area contributed by atoms with Crippen molar-refractivity contribution in [2.45, 2.75) is 6.61 Å². The van der Waals surface area contributed by atoms with Gasteiger partial charge in [0.15, 0.2) is 6.61 Å². The molecule has 0 fully saturated rings. The zero-order valence-corrected chi connectivity index (χ0v) is 14.7. The Balaban J connectivity index is 1.72. The first kappa shape index (κ1) is 16.3. The molecule has 2 aromatic carbocycles. The van der Waals surface area contributed by atoms with Gasteiger partial charge in [0.25, 0.3) is 5.89 Å². The maximum absolute atomic E-state index is 5.68. The van der Waals surface area contributed by atoms with Crippen molar-refractivity contribution in [3.05, 3.63) is 52.8 Å². The van der Waals surface area contributed by atoms with Gasteiger partial charge < -0.3 is 18.7 Å². The van der Waals surface area contributed by atoms with E-state index in [2.05, 4.69) is 26.1 Å². The average Bonchev–Trinajstić information content (AvgIpc) is 3.08. The van der Waals surface area contributed by atoms with Gasteiger partial charge in [0.1, 0.15) is 17.2 Å². The summed E-state index contributed by atoms with van der Waals surface area (Å²) < 4.78 is 22.3. The summed E-state index contributed by atoms with van der Waals surface area (Å²) in [5.41, 5.74) is 0.863. The van der Waals surface area contributed by atoms with Crippen LogP contribution in [0, 0.1) is 0 Å². The van der Waals surface area contributed by atoms with Crippen molar-refractivity contribution in [3.63, 3.8) is 0 Å². The molecule has 0 radical (unpaired) electrons. The first-order valence-corrected chi connectivity index (χ1v) is 7.91. The Morgan fingerprint density at radius 2 is 1.71 bits per heavy atom. The van der Waals surface area contributed by atoms with E-state index >= 15 is 0 Å². The third-order valence-corrected chi connectivity index (χ3v) is 3.73. The minimum absolute atomic E-state index is 0.150. The van der Waals surface area contributed by atoms with E-state index in [1.165, 1.54) is 0 Å². The molecule has 0 saturated carbocycles. The van der Waals surface area contributed by atoms with Crippen LogP contribution >= 0.6 is 15.9 Å². The van der Waals surface area contributed by atoms with Gasteiger partial charge in [0, 0.05) is 28.2 Å². The average molecular weight is 391 g/mol. The molecule has 124 valence electrons. The van der Waals surface area contributed by atoms with Crippen LogP contribution < -0.4 is 14.2 Å². The number of aromatic nitrogens is 2. The molecule has 0 aliphatic heterocycles. The molecular weight excluding hydrogens is 376 g/mol. The molecule has 0 aliphatic rings. The summed E-state index contributed by atoms with van der Waals surface area (Å²) >= 11 is 3.42. The number of methoxy groups -OCH3 is 2. The van der Waals surface area contributed by atoms with Gasteiger partial charge in [0.05, 0.1) is 14.2 Å². The molecule has 0 N–H and O–H groups in total. The highest BCUT2D eigenvalue weighted by Crippen LogP contribution is 2.28. The van der Waals surface area contributed by atoms with Gasteiger partial charge in [-0.25, -0.2) is 0 Å². The first-order valence-electron chi connectivity index (χ1n) is 7.12. The van der Waals surface area contributed by atoms with Crippen LogP contribution in [0.1, 0.15) is 5.89 Å². The predicted octanol–water partition coefficient (Wildman–Crippen LogP) is 4.10. The number of rotatable bonds is 6. The summed E-state index contributed by atoms with van der Waals surface area (Å²) in [6.07, 6.45) is 0. The third kappa shape index (κ3) is 3.86. The lowest BCUT2D eigenvalue weighted by molar-refractivity contribution is 0.241. The lowest BCUT2D eigenvalue weighted by Gasteiger charge is -2.08. The molecule has 3 aromatic rings. The van der Waals surface area contributed by atoms with Crippen molar-refractivity contribution in [1.82, 2.24) is 10.1 Å². The standard InChI is InChI=1S/C17H15BrN2O4/c1-21-13-7-14(22-2)9-15(8-13)23-10-16-19-17(20-24-16)11-4-3-5-12(18)6-11/h3-9H,10H2,1-2H3. The Hall–Kier alpha value is -2.54. The van der Waals surface area contributed by atoms with E-state index in [1.807, 2.05) is 24.3 Å². The summed E-state index contributed by atoms with van der Waals surface area (Å²) in [5, 5.41) is 3.97. The van der Waals surface area contributed by atoms with E-state index < -0.39 is 0 Å². The second kappa shape index (κ2) is 7.35. The normalized spacial score (nSPS) is 10.5. The lowest BCUT2D eigenvalue weighted by atomic mass is 10.2. The Labute approximate surface area is 147 Å². The van der Waals surface area contributed by atoms with E-state index in [0.29, 0.717) is 29.0 Å². The zero-order valence-electron chi connectivity index (χ0n) is 13.2. The van der Waals surface area contributed by atoms with Crippen LogP contribution in [0.25, 0.3) is 11.4 Å². The smallest absolute Gasteiger partial charge is 0.264 e. The zero-order chi connectivity index (χ0) is 16.9. The molecule has 1 heterocycles. The fraction of sp³-hybridized carbons (Fsp3) is 0.176. The highest BCUT2D eigenvalue weighted by Gasteiger charge is 2.10. The van der Waals surface area contributed by atoms with Crippen LogP contribution in [0.2, 0.25) is 0 Å². The highest BCUT2D eigenvalue weighted by atomic mass is 79.9. The SMILES string of the molecule is COc1cc(OC)cc(OCc2nc(-c3cccc(Br)c3)no2)c1. The van der Waals surface area contributed by atoms with Gasteiger partial charge in [-0.1, -0.05) is 33.2 Å². The molecule has 1 aromatic heterocycles. The van der Waals surface area contributed by atoms with E-state index in [1.54, 1.807) is 32.4 Å². The van der Waals surface area contributed by atoms with Gasteiger partial charge in [-0.2, -0.15) is 4.98 Å². The Morgan fingerprint density at radius 1 is 1.00 bits per heavy atom. The fourth-order valence-corrected chi connectivity index (χ4v) is 2.47. The van der Waals surface area contributed by atoms with Crippen LogP contribution in [-0.4, -0.2) is 24.4 Å². The topological polar surface area (TPSA) is 66.6 Å². The number of hydrogen-bond donors (Lipinski definition) is 0. The highest BCUT2D eigenvalue weighted by molar-refractivity contribution is 9.10. The molecule has 0 aliphatic carbocycles. The molecule has 0 bridgehead atoms. The second-order valence-electron chi connectivity index (χ2n) is 4.86. The van der Waals surface area contributed by atoms with Crippen LogP contribution in [0.15, 0.2) is 51.5 Å². The molecule has 0 unspecified atom stereocenters. The maximum atomic E-state index is 5.68. The lowest BCUT2D eigenvalue weighted by Crippen LogP contribution is -1.97. The van der Waals surface area contributed by atoms with E-state index in [9.17, 15) is 0 Å². The Bertz CT molecular complexity index is 813. The van der Waals surface area contributed by atoms with Crippen molar-refractivity contribution in [1.29, 1.82) is 0 Å². The molecule has 24 heavy (non-hydrogen) atoms. The van der Waals surface area contributed by atoms with Crippen molar-refractivity contribution >= 4 is 15.9 Å². The third-order valence-electron chi connectivity index (χ3n) is 3.24. The molecule has 3 rings (SSSR count). The van der Waals surface area contributed by atoms with Gasteiger partial charge in [0.2, 0.25) is 5.82 Å². The van der Waals surface area contributed by atoms with Crippen molar-refractivity contribution in [2.75, 3.05) is 14.2 Å². The number of benzene rings is 2. The molecule has 0 amide bonds. The summed E-state index contributed by atoms with van der Waals surface area (Å²) in [7, 11) is 3.17. The number of nitrogens with zero attached hydrogens (tertiary/aromatic N) is 2. The summed E-state index contributed by atoms with van der Waals surface area (Å²) in [4.78, 5) is 4.34. The van der Waals surface area contributed by atoms with Crippen molar-refractivity contribution in [3.8, 4) is 28.6 Å². The molecular formula is C17H15BrN2O4. The summed E-state index contributed by atoms with van der Waals surface area (Å²) in [6, 6.07) is 13.0. The van der Waals surface area contributed by atoms with Crippen LogP contribution in [0.4, 0.5) is 0 Å². The van der Waals surface area contributed by atoms with E-state index in [4.69, 9.17) is 18.7 Å². The van der Waals surface area contributed by atoms with Crippen molar-refractivity contribution in [2.24, 2.45) is 0 Å². The van der Waals surface area contributed by atoms with Crippen LogP contribution in [-0.2, 0) is 6.61 Å². The number of halogens is 1. The van der Waals surface area contributed by atoms with Crippen LogP contribution in [0.5, 0.6) is 17.2 Å². The molecule has 0 spiro atoms. The summed E-state index contributed by atoms with van der Waals surface area (Å²) in [6.45, 7) is 0.150. The molecule has 0 saturated heterocycles. The molecule has 7 heteroatoms. The number of hydrogen-bond acceptors (Lipinski definition) is 6. The molecule has 6 nitrogen and oxygen atoms in total. The second-order valence-corrected chi connectivity index (χ2v) is 5.77. The van der Waals surface area contributed by atoms with E-state index in [0.717, 1.165) is 10.0 Å². The van der Waals surface area contributed by atoms with E-state index in [-0.39, 0.29) is 6.61 Å². The fourth-order valence-electron chi connectivity index (χ4n) is 2.07. The monoisotopic (exact) mass is 390 g/mol.